The maximum absolute atomic E-state index is 12.8. The lowest BCUT2D eigenvalue weighted by molar-refractivity contribution is -0.120. The van der Waals surface area contributed by atoms with Gasteiger partial charge < -0.3 is 10.2 Å². The van der Waals surface area contributed by atoms with E-state index in [1.54, 1.807) is 6.07 Å². The van der Waals surface area contributed by atoms with Crippen LogP contribution in [-0.4, -0.2) is 29.2 Å². The number of nitrogens with zero attached hydrogens (tertiary/aromatic N) is 3. The van der Waals surface area contributed by atoms with Gasteiger partial charge in [-0.05, 0) is 43.0 Å². The van der Waals surface area contributed by atoms with Gasteiger partial charge >= 0.3 is 0 Å². The Bertz CT molecular complexity index is 720. The highest BCUT2D eigenvalue weighted by Crippen LogP contribution is 2.24. The Morgan fingerprint density at radius 2 is 2.12 bits per heavy atom. The summed E-state index contributed by atoms with van der Waals surface area (Å²) < 4.78 is 0. The van der Waals surface area contributed by atoms with Gasteiger partial charge in [0, 0.05) is 18.8 Å². The van der Waals surface area contributed by atoms with E-state index in [4.69, 9.17) is 11.6 Å². The van der Waals surface area contributed by atoms with Gasteiger partial charge in [0.05, 0.1) is 5.92 Å². The second-order valence-electron chi connectivity index (χ2n) is 6.40. The summed E-state index contributed by atoms with van der Waals surface area (Å²) in [6, 6.07) is 11.6. The molecular formula is C19H23ClN4O. The molecule has 1 saturated heterocycles. The first-order valence-corrected chi connectivity index (χ1v) is 9.18. The fourth-order valence-electron chi connectivity index (χ4n) is 3.24. The zero-order valence-electron chi connectivity index (χ0n) is 14.4. The number of piperidine rings is 1. The van der Waals surface area contributed by atoms with Crippen LogP contribution in [0.15, 0.2) is 36.4 Å². The minimum atomic E-state index is -0.0547. The molecule has 1 aliphatic heterocycles. The molecule has 0 saturated carbocycles. The molecule has 2 heterocycles. The highest BCUT2D eigenvalue weighted by molar-refractivity contribution is 6.29. The van der Waals surface area contributed by atoms with Gasteiger partial charge in [-0.15, -0.1) is 10.2 Å². The van der Waals surface area contributed by atoms with Crippen molar-refractivity contribution >= 4 is 29.0 Å². The third-order valence-electron chi connectivity index (χ3n) is 4.53. The average Bonchev–Trinajstić information content (AvgIpc) is 2.64. The SMILES string of the molecule is CCCc1ccccc1NC(=O)[C@@H]1CCCN(c2ccc(Cl)nn2)C1. The Hall–Kier alpha value is -2.14. The lowest BCUT2D eigenvalue weighted by Crippen LogP contribution is -2.41. The summed E-state index contributed by atoms with van der Waals surface area (Å²) in [5.41, 5.74) is 2.12. The van der Waals surface area contributed by atoms with Crippen molar-refractivity contribution in [2.24, 2.45) is 5.92 Å². The molecule has 1 atom stereocenters. The van der Waals surface area contributed by atoms with E-state index in [1.807, 2.05) is 24.3 Å². The Morgan fingerprint density at radius 3 is 2.88 bits per heavy atom. The monoisotopic (exact) mass is 358 g/mol. The van der Waals surface area contributed by atoms with Crippen LogP contribution in [0, 0.1) is 5.92 Å². The number of carbonyl (C=O) groups excluding carboxylic acids is 1. The van der Waals surface area contributed by atoms with Gasteiger partial charge in [-0.1, -0.05) is 43.1 Å². The number of aryl methyl sites for hydroxylation is 1. The lowest BCUT2D eigenvalue weighted by Gasteiger charge is -2.32. The molecule has 1 amide bonds. The third kappa shape index (κ3) is 4.48. The summed E-state index contributed by atoms with van der Waals surface area (Å²) >= 11 is 5.80. The van der Waals surface area contributed by atoms with Crippen LogP contribution in [-0.2, 0) is 11.2 Å². The Morgan fingerprint density at radius 1 is 1.28 bits per heavy atom. The van der Waals surface area contributed by atoms with E-state index in [1.165, 1.54) is 5.56 Å². The van der Waals surface area contributed by atoms with Crippen molar-refractivity contribution in [3.05, 3.63) is 47.1 Å². The van der Waals surface area contributed by atoms with E-state index in [0.717, 1.165) is 43.7 Å². The standard InChI is InChI=1S/C19H23ClN4O/c1-2-6-14-7-3-4-9-16(14)21-19(25)15-8-5-12-24(13-15)18-11-10-17(20)22-23-18/h3-4,7,9-11,15H,2,5-6,8,12-13H2,1H3,(H,21,25)/t15-/m1/s1. The van der Waals surface area contributed by atoms with Crippen LogP contribution < -0.4 is 10.2 Å². The quantitative estimate of drug-likeness (QED) is 0.879. The summed E-state index contributed by atoms with van der Waals surface area (Å²) in [6.45, 7) is 3.68. The van der Waals surface area contributed by atoms with Crippen molar-refractivity contribution in [2.45, 2.75) is 32.6 Å². The highest BCUT2D eigenvalue weighted by atomic mass is 35.5. The predicted octanol–water partition coefficient (Wildman–Crippen LogP) is 3.94. The number of halogens is 1. The van der Waals surface area contributed by atoms with Crippen molar-refractivity contribution < 1.29 is 4.79 Å². The summed E-state index contributed by atoms with van der Waals surface area (Å²) in [5.74, 6) is 0.796. The molecule has 1 fully saturated rings. The van der Waals surface area contributed by atoms with E-state index in [0.29, 0.717) is 11.7 Å². The second kappa shape index (κ2) is 8.30. The normalized spacial score (nSPS) is 17.4. The molecule has 1 aliphatic rings. The summed E-state index contributed by atoms with van der Waals surface area (Å²) in [7, 11) is 0. The number of hydrogen-bond donors (Lipinski definition) is 1. The molecule has 1 aromatic heterocycles. The van der Waals surface area contributed by atoms with Crippen LogP contribution in [0.5, 0.6) is 0 Å². The summed E-state index contributed by atoms with van der Waals surface area (Å²) in [6.07, 6.45) is 3.87. The maximum Gasteiger partial charge on any atom is 0.229 e. The molecule has 0 spiro atoms. The van der Waals surface area contributed by atoms with E-state index in [-0.39, 0.29) is 11.8 Å². The van der Waals surface area contributed by atoms with Gasteiger partial charge in [0.2, 0.25) is 5.91 Å². The van der Waals surface area contributed by atoms with E-state index in [2.05, 4.69) is 33.4 Å². The molecule has 6 heteroatoms. The number of aromatic nitrogens is 2. The van der Waals surface area contributed by atoms with Gasteiger partial charge in [0.15, 0.2) is 11.0 Å². The van der Waals surface area contributed by atoms with Crippen LogP contribution in [0.25, 0.3) is 0 Å². The molecule has 2 aromatic rings. The first-order valence-electron chi connectivity index (χ1n) is 8.80. The molecule has 25 heavy (non-hydrogen) atoms. The third-order valence-corrected chi connectivity index (χ3v) is 4.73. The number of nitrogens with one attached hydrogen (secondary N) is 1. The maximum atomic E-state index is 12.8. The van der Waals surface area contributed by atoms with Gasteiger partial charge in [-0.2, -0.15) is 0 Å². The number of hydrogen-bond acceptors (Lipinski definition) is 4. The molecule has 1 N–H and O–H groups in total. The smallest absolute Gasteiger partial charge is 0.229 e. The Kier molecular flexibility index (Phi) is 5.87. The van der Waals surface area contributed by atoms with Crippen LogP contribution in [0.2, 0.25) is 5.15 Å². The van der Waals surface area contributed by atoms with Gasteiger partial charge in [0.25, 0.3) is 0 Å². The van der Waals surface area contributed by atoms with Crippen LogP contribution in [0.3, 0.4) is 0 Å². The van der Waals surface area contributed by atoms with Crippen molar-refractivity contribution in [1.29, 1.82) is 0 Å². The largest absolute Gasteiger partial charge is 0.354 e. The lowest BCUT2D eigenvalue weighted by atomic mass is 9.96. The van der Waals surface area contributed by atoms with Crippen LogP contribution >= 0.6 is 11.6 Å². The number of amides is 1. The van der Waals surface area contributed by atoms with Gasteiger partial charge in [-0.3, -0.25) is 4.79 Å². The van der Waals surface area contributed by atoms with Crippen LogP contribution in [0.4, 0.5) is 11.5 Å². The molecule has 5 nitrogen and oxygen atoms in total. The second-order valence-corrected chi connectivity index (χ2v) is 6.78. The van der Waals surface area contributed by atoms with E-state index < -0.39 is 0 Å². The molecular weight excluding hydrogens is 336 g/mol. The summed E-state index contributed by atoms with van der Waals surface area (Å²) in [5, 5.41) is 11.5. The Labute approximate surface area is 153 Å². The fourth-order valence-corrected chi connectivity index (χ4v) is 3.34. The molecule has 0 radical (unpaired) electrons. The summed E-state index contributed by atoms with van der Waals surface area (Å²) in [4.78, 5) is 14.9. The number of anilines is 2. The molecule has 0 unspecified atom stereocenters. The molecule has 132 valence electrons. The number of para-hydroxylation sites is 1. The Balaban J connectivity index is 1.67. The van der Waals surface area contributed by atoms with Crippen molar-refractivity contribution in [3.63, 3.8) is 0 Å². The molecule has 1 aromatic carbocycles. The highest BCUT2D eigenvalue weighted by Gasteiger charge is 2.27. The van der Waals surface area contributed by atoms with Crippen molar-refractivity contribution in [3.8, 4) is 0 Å². The molecule has 0 aliphatic carbocycles. The topological polar surface area (TPSA) is 58.1 Å². The van der Waals surface area contributed by atoms with Crippen molar-refractivity contribution in [2.75, 3.05) is 23.3 Å². The van der Waals surface area contributed by atoms with Gasteiger partial charge in [-0.25, -0.2) is 0 Å². The van der Waals surface area contributed by atoms with Crippen LogP contribution in [0.1, 0.15) is 31.7 Å². The first kappa shape index (κ1) is 17.7. The zero-order valence-corrected chi connectivity index (χ0v) is 15.2. The number of benzene rings is 1. The first-order chi connectivity index (χ1) is 12.2. The number of rotatable bonds is 5. The van der Waals surface area contributed by atoms with Gasteiger partial charge in [0.1, 0.15) is 0 Å². The zero-order chi connectivity index (χ0) is 17.6. The average molecular weight is 359 g/mol. The number of carbonyl (C=O) groups is 1. The minimum Gasteiger partial charge on any atom is -0.354 e. The predicted molar refractivity (Wildman–Crippen MR) is 101 cm³/mol. The minimum absolute atomic E-state index is 0.0547. The molecule has 0 bridgehead atoms. The van der Waals surface area contributed by atoms with E-state index >= 15 is 0 Å². The van der Waals surface area contributed by atoms with E-state index in [9.17, 15) is 4.79 Å². The van der Waals surface area contributed by atoms with Crippen molar-refractivity contribution in [1.82, 2.24) is 10.2 Å². The fraction of sp³-hybridized carbons (Fsp3) is 0.421. The molecule has 3 rings (SSSR count).